The van der Waals surface area contributed by atoms with Crippen molar-refractivity contribution in [3.8, 4) is 0 Å². The summed E-state index contributed by atoms with van der Waals surface area (Å²) < 4.78 is 0. The highest BCUT2D eigenvalue weighted by Gasteiger charge is 2.33. The van der Waals surface area contributed by atoms with Crippen molar-refractivity contribution < 1.29 is 14.4 Å². The van der Waals surface area contributed by atoms with Gasteiger partial charge in [0.2, 0.25) is 5.91 Å². The molecule has 2 amide bonds. The van der Waals surface area contributed by atoms with Crippen LogP contribution in [0.25, 0.3) is 0 Å². The minimum absolute atomic E-state index is 0.0984. The van der Waals surface area contributed by atoms with Gasteiger partial charge < -0.3 is 15.5 Å². The van der Waals surface area contributed by atoms with Crippen LogP contribution >= 0.6 is 0 Å². The molecule has 0 bridgehead atoms. The third-order valence-electron chi connectivity index (χ3n) is 7.80. The Hall–Kier alpha value is -2.21. The molecule has 2 aliphatic carbocycles. The van der Waals surface area contributed by atoms with Gasteiger partial charge in [-0.1, -0.05) is 45.2 Å². The summed E-state index contributed by atoms with van der Waals surface area (Å²) in [6.45, 7) is 5.77. The molecule has 6 nitrogen and oxygen atoms in total. The maximum Gasteiger partial charge on any atom is 0.251 e. The van der Waals surface area contributed by atoms with Crippen LogP contribution in [0.15, 0.2) is 24.3 Å². The van der Waals surface area contributed by atoms with Gasteiger partial charge in [0.15, 0.2) is 5.78 Å². The Morgan fingerprint density at radius 3 is 2.47 bits per heavy atom. The molecule has 0 radical (unpaired) electrons. The topological polar surface area (TPSA) is 78.5 Å². The molecule has 0 spiro atoms. The number of nitrogens with zero attached hydrogens (tertiary/aromatic N) is 1. The van der Waals surface area contributed by atoms with Gasteiger partial charge in [0.05, 0.1) is 12.6 Å². The Balaban J connectivity index is 1.41. The molecule has 0 aromatic heterocycles. The van der Waals surface area contributed by atoms with Gasteiger partial charge in [-0.2, -0.15) is 0 Å². The number of amides is 2. The van der Waals surface area contributed by atoms with Crippen molar-refractivity contribution in [1.29, 1.82) is 0 Å². The van der Waals surface area contributed by atoms with Crippen LogP contribution in [-0.2, 0) is 9.59 Å². The van der Waals surface area contributed by atoms with Gasteiger partial charge in [0, 0.05) is 36.5 Å². The number of carbonyl (C=O) groups excluding carboxylic acids is 3. The maximum atomic E-state index is 13.3. The molecule has 186 valence electrons. The molecule has 1 saturated heterocycles. The number of piperidine rings is 1. The summed E-state index contributed by atoms with van der Waals surface area (Å²) in [7, 11) is 0. The summed E-state index contributed by atoms with van der Waals surface area (Å²) in [6, 6.07) is 7.92. The van der Waals surface area contributed by atoms with E-state index in [0.717, 1.165) is 50.6 Å². The minimum Gasteiger partial charge on any atom is -0.342 e. The standard InChI is InChI=1S/C28H41N3O3/c1-19(2)27(33)26(20-8-4-3-5-9-20)30-28(34)22-11-6-10-21(16-22)23-12-7-15-31(18-23)25(32)17-29-24-13-14-24/h6,10-11,16,19-20,23-24,26,29H,3-5,7-9,12-15,17-18H2,1-2H3,(H,30,34)/t23?,26-/m1/s1. The van der Waals surface area contributed by atoms with Gasteiger partial charge in [-0.05, 0) is 62.1 Å². The van der Waals surface area contributed by atoms with Crippen molar-refractivity contribution in [2.45, 2.75) is 89.6 Å². The molecule has 4 rings (SSSR count). The lowest BCUT2D eigenvalue weighted by molar-refractivity contribution is -0.131. The number of likely N-dealkylation sites (tertiary alicyclic amines) is 1. The second kappa shape index (κ2) is 11.5. The summed E-state index contributed by atoms with van der Waals surface area (Å²) >= 11 is 0. The van der Waals surface area contributed by atoms with Crippen LogP contribution in [-0.4, -0.2) is 54.2 Å². The van der Waals surface area contributed by atoms with Crippen molar-refractivity contribution in [3.05, 3.63) is 35.4 Å². The number of hydrogen-bond acceptors (Lipinski definition) is 4. The predicted molar refractivity (Wildman–Crippen MR) is 134 cm³/mol. The monoisotopic (exact) mass is 467 g/mol. The second-order valence-electron chi connectivity index (χ2n) is 10.9. The molecule has 3 aliphatic rings. The molecule has 1 heterocycles. The molecule has 1 aliphatic heterocycles. The molecular formula is C28H41N3O3. The number of rotatable bonds is 9. The van der Waals surface area contributed by atoms with Crippen LogP contribution in [0.4, 0.5) is 0 Å². The zero-order chi connectivity index (χ0) is 24.1. The zero-order valence-corrected chi connectivity index (χ0v) is 20.9. The number of carbonyl (C=O) groups is 3. The molecule has 1 aromatic rings. The van der Waals surface area contributed by atoms with Crippen LogP contribution in [0.2, 0.25) is 0 Å². The highest BCUT2D eigenvalue weighted by atomic mass is 16.2. The van der Waals surface area contributed by atoms with Gasteiger partial charge in [0.1, 0.15) is 0 Å². The molecule has 6 heteroatoms. The van der Waals surface area contributed by atoms with Crippen LogP contribution in [0.5, 0.6) is 0 Å². The normalized spacial score (nSPS) is 22.4. The molecule has 2 atom stereocenters. The maximum absolute atomic E-state index is 13.3. The van der Waals surface area contributed by atoms with E-state index in [1.165, 1.54) is 19.3 Å². The van der Waals surface area contributed by atoms with Gasteiger partial charge in [-0.25, -0.2) is 0 Å². The predicted octanol–water partition coefficient (Wildman–Crippen LogP) is 4.05. The summed E-state index contributed by atoms with van der Waals surface area (Å²) in [4.78, 5) is 40.8. The lowest BCUT2D eigenvalue weighted by Gasteiger charge is -2.33. The number of benzene rings is 1. The lowest BCUT2D eigenvalue weighted by Crippen LogP contribution is -2.48. The van der Waals surface area contributed by atoms with Crippen LogP contribution < -0.4 is 10.6 Å². The van der Waals surface area contributed by atoms with E-state index in [1.54, 1.807) is 0 Å². The molecule has 3 fully saturated rings. The van der Waals surface area contributed by atoms with Crippen molar-refractivity contribution in [2.24, 2.45) is 11.8 Å². The van der Waals surface area contributed by atoms with Gasteiger partial charge in [-0.3, -0.25) is 14.4 Å². The number of ketones is 1. The first-order chi connectivity index (χ1) is 16.4. The van der Waals surface area contributed by atoms with Crippen molar-refractivity contribution in [1.82, 2.24) is 15.5 Å². The van der Waals surface area contributed by atoms with E-state index < -0.39 is 6.04 Å². The smallest absolute Gasteiger partial charge is 0.251 e. The van der Waals surface area contributed by atoms with E-state index in [-0.39, 0.29) is 35.4 Å². The first kappa shape index (κ1) is 24.9. The van der Waals surface area contributed by atoms with Gasteiger partial charge >= 0.3 is 0 Å². The number of nitrogens with one attached hydrogen (secondary N) is 2. The highest BCUT2D eigenvalue weighted by Crippen LogP contribution is 2.30. The second-order valence-corrected chi connectivity index (χ2v) is 10.9. The Kier molecular flexibility index (Phi) is 8.41. The summed E-state index contributed by atoms with van der Waals surface area (Å²) in [5, 5.41) is 6.44. The summed E-state index contributed by atoms with van der Waals surface area (Å²) in [5.74, 6) is 0.518. The fourth-order valence-electron chi connectivity index (χ4n) is 5.51. The van der Waals surface area contributed by atoms with Crippen LogP contribution in [0.1, 0.15) is 93.5 Å². The quantitative estimate of drug-likeness (QED) is 0.574. The first-order valence-electron chi connectivity index (χ1n) is 13.4. The Morgan fingerprint density at radius 2 is 1.76 bits per heavy atom. The van der Waals surface area contributed by atoms with Crippen molar-refractivity contribution >= 4 is 17.6 Å². The molecular weight excluding hydrogens is 426 g/mol. The fraction of sp³-hybridized carbons (Fsp3) is 0.679. The third kappa shape index (κ3) is 6.47. The average molecular weight is 468 g/mol. The van der Waals surface area contributed by atoms with Gasteiger partial charge in [0.25, 0.3) is 5.91 Å². The summed E-state index contributed by atoms with van der Waals surface area (Å²) in [6.07, 6.45) is 9.83. The SMILES string of the molecule is CC(C)C(=O)[C@H](NC(=O)c1cccc(C2CCCN(C(=O)CNC3CC3)C2)c1)C1CCCCC1. The Morgan fingerprint density at radius 1 is 1.00 bits per heavy atom. The Bertz CT molecular complexity index is 873. The number of Topliss-reactive ketones (excluding diaryl/α,β-unsaturated/α-hetero) is 1. The minimum atomic E-state index is -0.404. The lowest BCUT2D eigenvalue weighted by atomic mass is 9.80. The zero-order valence-electron chi connectivity index (χ0n) is 20.9. The Labute approximate surface area is 204 Å². The molecule has 2 saturated carbocycles. The van der Waals surface area contributed by atoms with E-state index in [1.807, 2.05) is 36.9 Å². The van der Waals surface area contributed by atoms with Crippen molar-refractivity contribution in [3.63, 3.8) is 0 Å². The summed E-state index contributed by atoms with van der Waals surface area (Å²) in [5.41, 5.74) is 1.71. The van der Waals surface area contributed by atoms with E-state index in [9.17, 15) is 14.4 Å². The van der Waals surface area contributed by atoms with E-state index in [0.29, 0.717) is 24.7 Å². The highest BCUT2D eigenvalue weighted by molar-refractivity contribution is 5.98. The number of hydrogen-bond donors (Lipinski definition) is 2. The molecule has 2 N–H and O–H groups in total. The average Bonchev–Trinajstić information content (AvgIpc) is 3.70. The molecule has 1 aromatic carbocycles. The van der Waals surface area contributed by atoms with E-state index in [4.69, 9.17) is 0 Å². The van der Waals surface area contributed by atoms with E-state index >= 15 is 0 Å². The largest absolute Gasteiger partial charge is 0.342 e. The van der Waals surface area contributed by atoms with Crippen LogP contribution in [0, 0.1) is 11.8 Å². The third-order valence-corrected chi connectivity index (χ3v) is 7.80. The van der Waals surface area contributed by atoms with Crippen molar-refractivity contribution in [2.75, 3.05) is 19.6 Å². The molecule has 34 heavy (non-hydrogen) atoms. The first-order valence-corrected chi connectivity index (χ1v) is 13.4. The van der Waals surface area contributed by atoms with E-state index in [2.05, 4.69) is 16.7 Å². The molecule has 1 unspecified atom stereocenters. The van der Waals surface area contributed by atoms with Gasteiger partial charge in [-0.15, -0.1) is 0 Å². The van der Waals surface area contributed by atoms with Crippen LogP contribution in [0.3, 0.4) is 0 Å². The fourth-order valence-corrected chi connectivity index (χ4v) is 5.51.